The Bertz CT molecular complexity index is 982. The SMILES string of the molecule is N=N/C(=C\NCc1ccccn1)CN1CCC(c2cccc(Nc3nccs3)n2)CC1. The van der Waals surface area contributed by atoms with Crippen LogP contribution < -0.4 is 10.6 Å². The predicted octanol–water partition coefficient (Wildman–Crippen LogP) is 4.52. The predicted molar refractivity (Wildman–Crippen MR) is 122 cm³/mol. The van der Waals surface area contributed by atoms with Gasteiger partial charge in [-0.1, -0.05) is 12.1 Å². The van der Waals surface area contributed by atoms with Gasteiger partial charge in [0, 0.05) is 42.1 Å². The molecule has 4 rings (SSSR count). The minimum atomic E-state index is 0.442. The molecular formula is C22H26N8S. The van der Waals surface area contributed by atoms with Crippen LogP contribution in [-0.4, -0.2) is 39.5 Å². The van der Waals surface area contributed by atoms with E-state index in [0.717, 1.165) is 54.0 Å². The van der Waals surface area contributed by atoms with Crippen LogP contribution in [0.3, 0.4) is 0 Å². The van der Waals surface area contributed by atoms with Crippen LogP contribution in [0.5, 0.6) is 0 Å². The number of hydrogen-bond donors (Lipinski definition) is 3. The normalized spacial score (nSPS) is 15.5. The highest BCUT2D eigenvalue weighted by molar-refractivity contribution is 7.13. The molecule has 0 aliphatic carbocycles. The zero-order valence-electron chi connectivity index (χ0n) is 17.2. The molecule has 160 valence electrons. The number of nitrogens with one attached hydrogen (secondary N) is 3. The lowest BCUT2D eigenvalue weighted by atomic mass is 9.93. The van der Waals surface area contributed by atoms with Gasteiger partial charge in [0.2, 0.25) is 0 Å². The van der Waals surface area contributed by atoms with E-state index in [1.54, 1.807) is 23.7 Å². The molecule has 4 heterocycles. The van der Waals surface area contributed by atoms with Crippen molar-refractivity contribution >= 4 is 22.3 Å². The Morgan fingerprint density at radius 1 is 1.16 bits per heavy atom. The topological polar surface area (TPSA) is 102 Å². The Kier molecular flexibility index (Phi) is 7.30. The van der Waals surface area contributed by atoms with Crippen molar-refractivity contribution < 1.29 is 0 Å². The van der Waals surface area contributed by atoms with Crippen LogP contribution >= 0.6 is 11.3 Å². The van der Waals surface area contributed by atoms with Crippen LogP contribution in [0.1, 0.15) is 30.1 Å². The van der Waals surface area contributed by atoms with E-state index in [1.807, 2.05) is 35.8 Å². The number of thiazole rings is 1. The number of likely N-dealkylation sites (tertiary alicyclic amines) is 1. The molecule has 3 aromatic heterocycles. The van der Waals surface area contributed by atoms with Crippen LogP contribution in [0.4, 0.5) is 10.9 Å². The van der Waals surface area contributed by atoms with Crippen molar-refractivity contribution in [2.45, 2.75) is 25.3 Å². The summed E-state index contributed by atoms with van der Waals surface area (Å²) in [4.78, 5) is 15.7. The first-order valence-electron chi connectivity index (χ1n) is 10.4. The monoisotopic (exact) mass is 434 g/mol. The second-order valence-electron chi connectivity index (χ2n) is 7.41. The van der Waals surface area contributed by atoms with Gasteiger partial charge in [0.15, 0.2) is 5.13 Å². The van der Waals surface area contributed by atoms with E-state index in [0.29, 0.717) is 19.0 Å². The molecule has 1 aliphatic rings. The number of rotatable bonds is 9. The molecule has 1 saturated heterocycles. The first kappa shape index (κ1) is 21.1. The van der Waals surface area contributed by atoms with E-state index in [9.17, 15) is 0 Å². The molecule has 0 unspecified atom stereocenters. The summed E-state index contributed by atoms with van der Waals surface area (Å²) in [6.07, 6.45) is 7.47. The maximum atomic E-state index is 7.49. The fraction of sp³-hybridized carbons (Fsp3) is 0.318. The van der Waals surface area contributed by atoms with Crippen molar-refractivity contribution in [3.8, 4) is 0 Å². The summed E-state index contributed by atoms with van der Waals surface area (Å²) in [6.45, 7) is 3.22. The highest BCUT2D eigenvalue weighted by Gasteiger charge is 2.22. The Morgan fingerprint density at radius 3 is 2.81 bits per heavy atom. The highest BCUT2D eigenvalue weighted by atomic mass is 32.1. The van der Waals surface area contributed by atoms with Gasteiger partial charge < -0.3 is 10.6 Å². The number of aromatic nitrogens is 3. The fourth-order valence-electron chi connectivity index (χ4n) is 3.65. The molecule has 3 N–H and O–H groups in total. The molecule has 31 heavy (non-hydrogen) atoms. The Hall–Kier alpha value is -3.17. The van der Waals surface area contributed by atoms with E-state index in [4.69, 9.17) is 10.5 Å². The number of nitrogens with zero attached hydrogens (tertiary/aromatic N) is 5. The summed E-state index contributed by atoms with van der Waals surface area (Å²) in [7, 11) is 0. The summed E-state index contributed by atoms with van der Waals surface area (Å²) in [5.74, 6) is 1.28. The van der Waals surface area contributed by atoms with E-state index in [1.165, 1.54) is 0 Å². The number of piperidine rings is 1. The summed E-state index contributed by atoms with van der Waals surface area (Å²) < 4.78 is 0. The molecule has 0 saturated carbocycles. The quantitative estimate of drug-likeness (QED) is 0.428. The first-order chi connectivity index (χ1) is 15.3. The van der Waals surface area contributed by atoms with Gasteiger partial charge in [-0.05, 0) is 50.2 Å². The third kappa shape index (κ3) is 6.16. The summed E-state index contributed by atoms with van der Waals surface area (Å²) in [5.41, 5.74) is 10.3. The largest absolute Gasteiger partial charge is 0.384 e. The highest BCUT2D eigenvalue weighted by Crippen LogP contribution is 2.28. The van der Waals surface area contributed by atoms with Crippen molar-refractivity contribution in [3.05, 3.63) is 77.5 Å². The van der Waals surface area contributed by atoms with Gasteiger partial charge in [-0.15, -0.1) is 11.3 Å². The Balaban J connectivity index is 1.27. The van der Waals surface area contributed by atoms with Crippen LogP contribution in [0, 0.1) is 5.53 Å². The molecule has 1 fully saturated rings. The number of pyridine rings is 2. The van der Waals surface area contributed by atoms with Crippen molar-refractivity contribution in [2.75, 3.05) is 25.0 Å². The van der Waals surface area contributed by atoms with Gasteiger partial charge in [-0.3, -0.25) is 9.88 Å². The Morgan fingerprint density at radius 2 is 2.06 bits per heavy atom. The molecule has 1 aliphatic heterocycles. The van der Waals surface area contributed by atoms with E-state index >= 15 is 0 Å². The third-order valence-electron chi connectivity index (χ3n) is 5.25. The van der Waals surface area contributed by atoms with E-state index in [2.05, 4.69) is 42.7 Å². The standard InChI is InChI=1S/C22H26N8S/c23-29-19(15-24-14-18-4-1-2-9-25-18)16-30-11-7-17(8-12-30)20-5-3-6-21(27-20)28-22-26-10-13-31-22/h1-6,9-10,13,15,17,23-24H,7-8,11-12,14,16H2,(H,26,27,28)/b19-15-,29-23?. The van der Waals surface area contributed by atoms with Crippen molar-refractivity contribution in [3.63, 3.8) is 0 Å². The molecule has 8 nitrogen and oxygen atoms in total. The molecule has 3 aromatic rings. The summed E-state index contributed by atoms with van der Waals surface area (Å²) in [6, 6.07) is 12.0. The smallest absolute Gasteiger partial charge is 0.188 e. The minimum Gasteiger partial charge on any atom is -0.384 e. The lowest BCUT2D eigenvalue weighted by Crippen LogP contribution is -2.34. The minimum absolute atomic E-state index is 0.442. The molecule has 0 spiro atoms. The average Bonchev–Trinajstić information content (AvgIpc) is 3.33. The Labute approximate surface area is 186 Å². The second-order valence-corrected chi connectivity index (χ2v) is 8.30. The molecule has 0 bridgehead atoms. The van der Waals surface area contributed by atoms with Gasteiger partial charge >= 0.3 is 0 Å². The summed E-state index contributed by atoms with van der Waals surface area (Å²) in [5, 5.41) is 13.0. The van der Waals surface area contributed by atoms with Gasteiger partial charge in [-0.25, -0.2) is 15.5 Å². The molecule has 0 aromatic carbocycles. The maximum absolute atomic E-state index is 7.49. The maximum Gasteiger partial charge on any atom is 0.188 e. The van der Waals surface area contributed by atoms with Crippen LogP contribution in [0.2, 0.25) is 0 Å². The third-order valence-corrected chi connectivity index (χ3v) is 5.94. The lowest BCUT2D eigenvalue weighted by molar-refractivity contribution is 0.225. The van der Waals surface area contributed by atoms with Gasteiger partial charge in [0.1, 0.15) is 5.82 Å². The van der Waals surface area contributed by atoms with Crippen molar-refractivity contribution in [2.24, 2.45) is 5.11 Å². The van der Waals surface area contributed by atoms with Gasteiger partial charge in [0.05, 0.1) is 17.9 Å². The van der Waals surface area contributed by atoms with E-state index < -0.39 is 0 Å². The van der Waals surface area contributed by atoms with Gasteiger partial charge in [-0.2, -0.15) is 5.11 Å². The molecule has 9 heteroatoms. The van der Waals surface area contributed by atoms with Crippen LogP contribution in [0.25, 0.3) is 0 Å². The molecule has 0 radical (unpaired) electrons. The van der Waals surface area contributed by atoms with Crippen molar-refractivity contribution in [1.29, 1.82) is 5.53 Å². The van der Waals surface area contributed by atoms with E-state index in [-0.39, 0.29) is 0 Å². The average molecular weight is 435 g/mol. The fourth-order valence-corrected chi connectivity index (χ4v) is 4.18. The zero-order chi connectivity index (χ0) is 21.3. The first-order valence-corrected chi connectivity index (χ1v) is 11.2. The molecule has 0 atom stereocenters. The molecule has 0 amide bonds. The van der Waals surface area contributed by atoms with Crippen molar-refractivity contribution in [1.82, 2.24) is 25.2 Å². The van der Waals surface area contributed by atoms with Crippen LogP contribution in [-0.2, 0) is 6.54 Å². The van der Waals surface area contributed by atoms with Crippen LogP contribution in [0.15, 0.2) is 71.2 Å². The lowest BCUT2D eigenvalue weighted by Gasteiger charge is -2.31. The second kappa shape index (κ2) is 10.7. The zero-order valence-corrected chi connectivity index (χ0v) is 18.1. The summed E-state index contributed by atoms with van der Waals surface area (Å²) >= 11 is 1.56. The number of anilines is 2. The molecular weight excluding hydrogens is 408 g/mol. The number of hydrogen-bond acceptors (Lipinski definition) is 9. The van der Waals surface area contributed by atoms with Gasteiger partial charge in [0.25, 0.3) is 0 Å².